The number of aliphatic hydroxyl groups is 2. The zero-order valence-corrected chi connectivity index (χ0v) is 10.1. The fraction of sp³-hybridized carbons (Fsp3) is 0.571. The van der Waals surface area contributed by atoms with Crippen LogP contribution in [0.4, 0.5) is 0 Å². The predicted molar refractivity (Wildman–Crippen MR) is 66.3 cm³/mol. The van der Waals surface area contributed by atoms with Crippen molar-refractivity contribution in [1.82, 2.24) is 0 Å². The average Bonchev–Trinajstić information content (AvgIpc) is 2.30. The number of hydrogen-bond acceptors (Lipinski definition) is 2. The van der Waals surface area contributed by atoms with Gasteiger partial charge in [-0.3, -0.25) is 0 Å². The van der Waals surface area contributed by atoms with Crippen molar-refractivity contribution in [2.45, 2.75) is 26.2 Å². The van der Waals surface area contributed by atoms with Crippen LogP contribution >= 0.6 is 0 Å². The minimum Gasteiger partial charge on any atom is -0.396 e. The average molecular weight is 222 g/mol. The van der Waals surface area contributed by atoms with Crippen LogP contribution in [0.15, 0.2) is 30.3 Å². The van der Waals surface area contributed by atoms with Crippen molar-refractivity contribution < 1.29 is 10.2 Å². The second-order valence-electron chi connectivity index (χ2n) is 4.77. The summed E-state index contributed by atoms with van der Waals surface area (Å²) in [5.41, 5.74) is 1.21. The van der Waals surface area contributed by atoms with Gasteiger partial charge >= 0.3 is 0 Å². The second-order valence-corrected chi connectivity index (χ2v) is 4.77. The maximum Gasteiger partial charge on any atom is 0.0487 e. The Balaban J connectivity index is 2.86. The molecule has 90 valence electrons. The van der Waals surface area contributed by atoms with E-state index >= 15 is 0 Å². The van der Waals surface area contributed by atoms with Gasteiger partial charge in [0.25, 0.3) is 0 Å². The predicted octanol–water partition coefficient (Wildman–Crippen LogP) is 2.42. The van der Waals surface area contributed by atoms with Crippen molar-refractivity contribution >= 4 is 0 Å². The Bertz CT molecular complexity index is 278. The molecule has 0 saturated heterocycles. The SMILES string of the molecule is CC(C)C[C@@H](c1ccccc1)C(CO)CO. The Labute approximate surface area is 97.9 Å². The van der Waals surface area contributed by atoms with Gasteiger partial charge in [0, 0.05) is 19.1 Å². The van der Waals surface area contributed by atoms with E-state index in [0.717, 1.165) is 6.42 Å². The lowest BCUT2D eigenvalue weighted by atomic mass is 9.81. The normalized spacial score (nSPS) is 13.4. The van der Waals surface area contributed by atoms with Gasteiger partial charge in [-0.1, -0.05) is 44.2 Å². The quantitative estimate of drug-likeness (QED) is 0.776. The summed E-state index contributed by atoms with van der Waals surface area (Å²) in [6, 6.07) is 10.2. The van der Waals surface area contributed by atoms with E-state index in [0.29, 0.717) is 5.92 Å². The first-order chi connectivity index (χ1) is 7.69. The number of aliphatic hydroxyl groups excluding tert-OH is 2. The molecular weight excluding hydrogens is 200 g/mol. The van der Waals surface area contributed by atoms with Gasteiger partial charge < -0.3 is 10.2 Å². The van der Waals surface area contributed by atoms with Gasteiger partial charge in [0.2, 0.25) is 0 Å². The maximum atomic E-state index is 9.31. The molecule has 0 heterocycles. The van der Waals surface area contributed by atoms with Crippen molar-refractivity contribution in [3.63, 3.8) is 0 Å². The van der Waals surface area contributed by atoms with Crippen LogP contribution in [0, 0.1) is 11.8 Å². The molecule has 0 spiro atoms. The Hall–Kier alpha value is -0.860. The van der Waals surface area contributed by atoms with Crippen molar-refractivity contribution in [3.05, 3.63) is 35.9 Å². The molecule has 2 heteroatoms. The third kappa shape index (κ3) is 3.62. The van der Waals surface area contributed by atoms with Crippen LogP contribution in [0.5, 0.6) is 0 Å². The number of hydrogen-bond donors (Lipinski definition) is 2. The molecule has 0 aliphatic rings. The molecule has 16 heavy (non-hydrogen) atoms. The summed E-state index contributed by atoms with van der Waals surface area (Å²) in [6.45, 7) is 4.43. The Morgan fingerprint density at radius 1 is 1.00 bits per heavy atom. The summed E-state index contributed by atoms with van der Waals surface area (Å²) in [4.78, 5) is 0. The van der Waals surface area contributed by atoms with Gasteiger partial charge in [0.1, 0.15) is 0 Å². The highest BCUT2D eigenvalue weighted by atomic mass is 16.3. The van der Waals surface area contributed by atoms with Crippen LogP contribution < -0.4 is 0 Å². The van der Waals surface area contributed by atoms with Crippen molar-refractivity contribution in [1.29, 1.82) is 0 Å². The molecule has 1 aromatic carbocycles. The molecule has 0 aromatic heterocycles. The lowest BCUT2D eigenvalue weighted by molar-refractivity contribution is 0.123. The third-order valence-corrected chi connectivity index (χ3v) is 2.99. The van der Waals surface area contributed by atoms with Gasteiger partial charge in [-0.15, -0.1) is 0 Å². The monoisotopic (exact) mass is 222 g/mol. The molecule has 0 fully saturated rings. The molecule has 2 N–H and O–H groups in total. The molecule has 1 atom stereocenters. The van der Waals surface area contributed by atoms with Gasteiger partial charge in [0.15, 0.2) is 0 Å². The van der Waals surface area contributed by atoms with Crippen LogP contribution in [0.1, 0.15) is 31.7 Å². The van der Waals surface area contributed by atoms with Crippen molar-refractivity contribution in [2.24, 2.45) is 11.8 Å². The zero-order chi connectivity index (χ0) is 12.0. The van der Waals surface area contributed by atoms with E-state index in [1.54, 1.807) is 0 Å². The zero-order valence-electron chi connectivity index (χ0n) is 10.1. The fourth-order valence-corrected chi connectivity index (χ4v) is 2.12. The lowest BCUT2D eigenvalue weighted by Gasteiger charge is -2.26. The summed E-state index contributed by atoms with van der Waals surface area (Å²) < 4.78 is 0. The van der Waals surface area contributed by atoms with E-state index in [2.05, 4.69) is 26.0 Å². The molecule has 0 aliphatic carbocycles. The Kier molecular flexibility index (Phi) is 5.50. The van der Waals surface area contributed by atoms with Crippen LogP contribution in [-0.4, -0.2) is 23.4 Å². The topological polar surface area (TPSA) is 40.5 Å². The molecule has 0 amide bonds. The molecule has 0 saturated carbocycles. The molecule has 1 rings (SSSR count). The van der Waals surface area contributed by atoms with Crippen molar-refractivity contribution in [2.75, 3.05) is 13.2 Å². The van der Waals surface area contributed by atoms with Crippen LogP contribution in [0.2, 0.25) is 0 Å². The molecule has 1 aromatic rings. The van der Waals surface area contributed by atoms with Crippen molar-refractivity contribution in [3.8, 4) is 0 Å². The molecule has 0 bridgehead atoms. The van der Waals surface area contributed by atoms with Gasteiger partial charge in [-0.2, -0.15) is 0 Å². The molecule has 2 nitrogen and oxygen atoms in total. The Morgan fingerprint density at radius 2 is 1.56 bits per heavy atom. The first kappa shape index (κ1) is 13.2. The first-order valence-corrected chi connectivity index (χ1v) is 5.95. The fourth-order valence-electron chi connectivity index (χ4n) is 2.12. The first-order valence-electron chi connectivity index (χ1n) is 5.95. The third-order valence-electron chi connectivity index (χ3n) is 2.99. The smallest absolute Gasteiger partial charge is 0.0487 e. The molecule has 0 radical (unpaired) electrons. The largest absolute Gasteiger partial charge is 0.396 e. The molecule has 0 unspecified atom stereocenters. The number of benzene rings is 1. The maximum absolute atomic E-state index is 9.31. The van der Waals surface area contributed by atoms with Crippen LogP contribution in [0.25, 0.3) is 0 Å². The number of rotatable bonds is 6. The van der Waals surface area contributed by atoms with Gasteiger partial charge in [0.05, 0.1) is 0 Å². The summed E-state index contributed by atoms with van der Waals surface area (Å²) in [5, 5.41) is 18.6. The van der Waals surface area contributed by atoms with E-state index in [1.807, 2.05) is 18.2 Å². The standard InChI is InChI=1S/C14H22O2/c1-11(2)8-14(13(9-15)10-16)12-6-4-3-5-7-12/h3-7,11,13-16H,8-10H2,1-2H3/t14-/m0/s1. The van der Waals surface area contributed by atoms with E-state index in [-0.39, 0.29) is 25.0 Å². The van der Waals surface area contributed by atoms with E-state index < -0.39 is 0 Å². The highest BCUT2D eigenvalue weighted by Gasteiger charge is 2.22. The minimum absolute atomic E-state index is 0.0444. The molecule has 0 aliphatic heterocycles. The van der Waals surface area contributed by atoms with Gasteiger partial charge in [-0.25, -0.2) is 0 Å². The highest BCUT2D eigenvalue weighted by molar-refractivity contribution is 5.20. The van der Waals surface area contributed by atoms with Gasteiger partial charge in [-0.05, 0) is 23.8 Å². The minimum atomic E-state index is -0.0511. The lowest BCUT2D eigenvalue weighted by Crippen LogP contribution is -2.22. The summed E-state index contributed by atoms with van der Waals surface area (Å²) >= 11 is 0. The van der Waals surface area contributed by atoms with E-state index in [9.17, 15) is 10.2 Å². The van der Waals surface area contributed by atoms with Crippen LogP contribution in [0.3, 0.4) is 0 Å². The van der Waals surface area contributed by atoms with Crippen LogP contribution in [-0.2, 0) is 0 Å². The highest BCUT2D eigenvalue weighted by Crippen LogP contribution is 2.30. The second kappa shape index (κ2) is 6.66. The summed E-state index contributed by atoms with van der Waals surface area (Å²) in [7, 11) is 0. The summed E-state index contributed by atoms with van der Waals surface area (Å²) in [6.07, 6.45) is 0.996. The van der Waals surface area contributed by atoms with E-state index in [1.165, 1.54) is 5.56 Å². The van der Waals surface area contributed by atoms with E-state index in [4.69, 9.17) is 0 Å². The molecular formula is C14H22O2. The Morgan fingerprint density at radius 3 is 2.00 bits per heavy atom. The summed E-state index contributed by atoms with van der Waals surface area (Å²) in [5.74, 6) is 0.756.